The average Bonchev–Trinajstić information content (AvgIpc) is 3.16. The second-order valence-electron chi connectivity index (χ2n) is 7.04. The van der Waals surface area contributed by atoms with Crippen molar-refractivity contribution in [3.8, 4) is 5.75 Å². The number of hydrogen-bond donors (Lipinski definition) is 1. The molecule has 1 unspecified atom stereocenters. The lowest BCUT2D eigenvalue weighted by molar-refractivity contribution is -0.127. The Morgan fingerprint density at radius 2 is 1.73 bits per heavy atom. The number of hydrogen-bond acceptors (Lipinski definition) is 3. The Kier molecular flexibility index (Phi) is 6.29. The summed E-state index contributed by atoms with van der Waals surface area (Å²) >= 11 is 0. The van der Waals surface area contributed by atoms with Crippen molar-refractivity contribution in [2.45, 2.75) is 45.9 Å². The molecule has 0 saturated carbocycles. The molecular formula is C22H28N2O2. The van der Waals surface area contributed by atoms with Crippen LogP contribution in [0, 0.1) is 6.92 Å². The largest absolute Gasteiger partial charge is 0.481 e. The highest BCUT2D eigenvalue weighted by Crippen LogP contribution is 2.18. The number of likely N-dealkylation sites (tertiary alicyclic amines) is 1. The molecule has 1 aliphatic heterocycles. The fraction of sp³-hybridized carbons (Fsp3) is 0.409. The fourth-order valence-electron chi connectivity index (χ4n) is 3.23. The van der Waals surface area contributed by atoms with Gasteiger partial charge in [0, 0.05) is 13.1 Å². The second kappa shape index (κ2) is 8.86. The van der Waals surface area contributed by atoms with Crippen LogP contribution in [-0.4, -0.2) is 30.0 Å². The third-order valence-electron chi connectivity index (χ3n) is 4.86. The summed E-state index contributed by atoms with van der Waals surface area (Å²) in [7, 11) is 0. The lowest BCUT2D eigenvalue weighted by atomic mass is 10.1. The number of nitrogens with one attached hydrogen (secondary N) is 1. The molecule has 0 aromatic heterocycles. The number of ether oxygens (including phenoxy) is 1. The Labute approximate surface area is 156 Å². The summed E-state index contributed by atoms with van der Waals surface area (Å²) in [6.45, 7) is 7.70. The predicted molar refractivity (Wildman–Crippen MR) is 104 cm³/mol. The van der Waals surface area contributed by atoms with Crippen LogP contribution in [0.15, 0.2) is 48.5 Å². The van der Waals surface area contributed by atoms with Gasteiger partial charge in [-0.1, -0.05) is 42.5 Å². The number of rotatable bonds is 7. The van der Waals surface area contributed by atoms with Gasteiger partial charge < -0.3 is 10.1 Å². The molecule has 138 valence electrons. The molecule has 0 radical (unpaired) electrons. The highest BCUT2D eigenvalue weighted by atomic mass is 16.5. The van der Waals surface area contributed by atoms with Crippen LogP contribution in [-0.2, 0) is 17.9 Å². The molecule has 2 aromatic rings. The molecule has 1 fully saturated rings. The molecule has 0 spiro atoms. The first-order chi connectivity index (χ1) is 12.6. The van der Waals surface area contributed by atoms with Gasteiger partial charge in [-0.25, -0.2) is 0 Å². The van der Waals surface area contributed by atoms with Crippen LogP contribution in [0.3, 0.4) is 0 Å². The van der Waals surface area contributed by atoms with E-state index in [1.165, 1.54) is 31.5 Å². The van der Waals surface area contributed by atoms with Gasteiger partial charge in [0.05, 0.1) is 0 Å². The molecule has 3 rings (SSSR count). The maximum absolute atomic E-state index is 12.3. The Morgan fingerprint density at radius 3 is 2.42 bits per heavy atom. The summed E-state index contributed by atoms with van der Waals surface area (Å²) in [6, 6.07) is 16.2. The van der Waals surface area contributed by atoms with Crippen LogP contribution in [0.4, 0.5) is 0 Å². The first-order valence-corrected chi connectivity index (χ1v) is 9.42. The summed E-state index contributed by atoms with van der Waals surface area (Å²) in [4.78, 5) is 14.8. The monoisotopic (exact) mass is 352 g/mol. The van der Waals surface area contributed by atoms with Gasteiger partial charge in [0.1, 0.15) is 5.75 Å². The van der Waals surface area contributed by atoms with E-state index in [0.29, 0.717) is 6.54 Å². The summed E-state index contributed by atoms with van der Waals surface area (Å²) in [5.74, 6) is 0.649. The zero-order valence-electron chi connectivity index (χ0n) is 15.7. The standard InChI is InChI=1S/C22H28N2O2/c1-17-7-3-4-8-21(17)26-18(2)22(25)23-15-19-9-11-20(12-10-19)16-24-13-5-6-14-24/h3-4,7-12,18H,5-6,13-16H2,1-2H3,(H,23,25). The van der Waals surface area contributed by atoms with Crippen LogP contribution in [0.2, 0.25) is 0 Å². The van der Waals surface area contributed by atoms with E-state index in [4.69, 9.17) is 4.74 Å². The van der Waals surface area contributed by atoms with E-state index in [2.05, 4.69) is 34.5 Å². The minimum atomic E-state index is -0.523. The van der Waals surface area contributed by atoms with E-state index < -0.39 is 6.10 Å². The van der Waals surface area contributed by atoms with E-state index >= 15 is 0 Å². The number of nitrogens with zero attached hydrogens (tertiary/aromatic N) is 1. The third-order valence-corrected chi connectivity index (χ3v) is 4.86. The molecule has 0 aliphatic carbocycles. The van der Waals surface area contributed by atoms with Crippen molar-refractivity contribution in [2.24, 2.45) is 0 Å². The number of carbonyl (C=O) groups is 1. The Hall–Kier alpha value is -2.33. The number of aryl methyl sites for hydroxylation is 1. The smallest absolute Gasteiger partial charge is 0.261 e. The first kappa shape index (κ1) is 18.5. The molecule has 4 heteroatoms. The lowest BCUT2D eigenvalue weighted by Crippen LogP contribution is -2.36. The maximum Gasteiger partial charge on any atom is 0.261 e. The molecule has 0 bridgehead atoms. The average molecular weight is 352 g/mol. The molecule has 1 aliphatic rings. The highest BCUT2D eigenvalue weighted by molar-refractivity contribution is 5.80. The van der Waals surface area contributed by atoms with Crippen LogP contribution in [0.1, 0.15) is 36.5 Å². The number of benzene rings is 2. The van der Waals surface area contributed by atoms with Crippen molar-refractivity contribution in [3.63, 3.8) is 0 Å². The molecule has 4 nitrogen and oxygen atoms in total. The highest BCUT2D eigenvalue weighted by Gasteiger charge is 2.15. The van der Waals surface area contributed by atoms with Crippen LogP contribution >= 0.6 is 0 Å². The van der Waals surface area contributed by atoms with Gasteiger partial charge in [-0.2, -0.15) is 0 Å². The van der Waals surface area contributed by atoms with Gasteiger partial charge >= 0.3 is 0 Å². The molecule has 1 atom stereocenters. The van der Waals surface area contributed by atoms with Crippen molar-refractivity contribution < 1.29 is 9.53 Å². The Bertz CT molecular complexity index is 721. The Morgan fingerprint density at radius 1 is 1.08 bits per heavy atom. The van der Waals surface area contributed by atoms with E-state index in [9.17, 15) is 4.79 Å². The van der Waals surface area contributed by atoms with Gasteiger partial charge in [-0.3, -0.25) is 9.69 Å². The lowest BCUT2D eigenvalue weighted by Gasteiger charge is -2.17. The zero-order valence-corrected chi connectivity index (χ0v) is 15.7. The maximum atomic E-state index is 12.3. The normalized spacial score (nSPS) is 15.6. The van der Waals surface area contributed by atoms with E-state index in [-0.39, 0.29) is 5.91 Å². The van der Waals surface area contributed by atoms with Crippen molar-refractivity contribution in [2.75, 3.05) is 13.1 Å². The van der Waals surface area contributed by atoms with E-state index in [0.717, 1.165) is 23.4 Å². The summed E-state index contributed by atoms with van der Waals surface area (Å²) < 4.78 is 5.77. The van der Waals surface area contributed by atoms with E-state index in [1.807, 2.05) is 31.2 Å². The fourth-order valence-corrected chi connectivity index (χ4v) is 3.23. The topological polar surface area (TPSA) is 41.6 Å². The van der Waals surface area contributed by atoms with Gasteiger partial charge in [-0.15, -0.1) is 0 Å². The van der Waals surface area contributed by atoms with Gasteiger partial charge in [-0.05, 0) is 62.5 Å². The third kappa shape index (κ3) is 5.09. The quantitative estimate of drug-likeness (QED) is 0.827. The first-order valence-electron chi connectivity index (χ1n) is 9.42. The van der Waals surface area contributed by atoms with Gasteiger partial charge in [0.2, 0.25) is 0 Å². The van der Waals surface area contributed by atoms with Crippen LogP contribution in [0.5, 0.6) is 5.75 Å². The number of para-hydroxylation sites is 1. The van der Waals surface area contributed by atoms with Crippen LogP contribution < -0.4 is 10.1 Å². The molecule has 1 amide bonds. The van der Waals surface area contributed by atoms with E-state index in [1.54, 1.807) is 6.92 Å². The molecule has 2 aromatic carbocycles. The summed E-state index contributed by atoms with van der Waals surface area (Å²) in [5, 5.41) is 2.96. The van der Waals surface area contributed by atoms with Crippen LogP contribution in [0.25, 0.3) is 0 Å². The van der Waals surface area contributed by atoms with Crippen molar-refractivity contribution >= 4 is 5.91 Å². The molecule has 26 heavy (non-hydrogen) atoms. The van der Waals surface area contributed by atoms with Gasteiger partial charge in [0.15, 0.2) is 6.10 Å². The van der Waals surface area contributed by atoms with Crippen molar-refractivity contribution in [3.05, 3.63) is 65.2 Å². The summed E-state index contributed by atoms with van der Waals surface area (Å²) in [6.07, 6.45) is 2.10. The number of carbonyl (C=O) groups excluding carboxylic acids is 1. The summed E-state index contributed by atoms with van der Waals surface area (Å²) in [5.41, 5.74) is 3.46. The second-order valence-corrected chi connectivity index (χ2v) is 7.04. The SMILES string of the molecule is Cc1ccccc1OC(C)C(=O)NCc1ccc(CN2CCCC2)cc1. The van der Waals surface area contributed by atoms with Crippen molar-refractivity contribution in [1.82, 2.24) is 10.2 Å². The number of amides is 1. The van der Waals surface area contributed by atoms with Crippen molar-refractivity contribution in [1.29, 1.82) is 0 Å². The Balaban J connectivity index is 1.46. The molecule has 1 saturated heterocycles. The van der Waals surface area contributed by atoms with Gasteiger partial charge in [0.25, 0.3) is 5.91 Å². The minimum Gasteiger partial charge on any atom is -0.481 e. The minimum absolute atomic E-state index is 0.102. The molecular weight excluding hydrogens is 324 g/mol. The predicted octanol–water partition coefficient (Wildman–Crippen LogP) is 3.67. The molecule has 1 N–H and O–H groups in total. The zero-order chi connectivity index (χ0) is 18.4. The molecule has 1 heterocycles.